The Morgan fingerprint density at radius 3 is 2.44 bits per heavy atom. The first-order valence-corrected chi connectivity index (χ1v) is 8.76. The van der Waals surface area contributed by atoms with Crippen molar-refractivity contribution < 1.29 is 4.79 Å². The molecule has 4 rings (SSSR count). The zero-order valence-corrected chi connectivity index (χ0v) is 14.1. The molecule has 0 bridgehead atoms. The molecule has 3 aromatic rings. The average molecular weight is 331 g/mol. The fourth-order valence-corrected chi connectivity index (χ4v) is 3.37. The van der Waals surface area contributed by atoms with E-state index in [1.807, 2.05) is 48.5 Å². The maximum Gasteiger partial charge on any atom is 0.227 e. The summed E-state index contributed by atoms with van der Waals surface area (Å²) < 4.78 is 0. The average Bonchev–Trinajstić information content (AvgIpc) is 2.68. The SMILES string of the molecule is O=C(Nc1ccccc1)C1CCN(c2ccc3ccccc3n2)CC1. The molecule has 0 unspecified atom stereocenters. The molecular weight excluding hydrogens is 310 g/mol. The Morgan fingerprint density at radius 1 is 0.920 bits per heavy atom. The first-order valence-electron chi connectivity index (χ1n) is 8.76. The summed E-state index contributed by atoms with van der Waals surface area (Å²) in [5, 5.41) is 4.17. The second-order valence-corrected chi connectivity index (χ2v) is 6.48. The number of aromatic nitrogens is 1. The van der Waals surface area contributed by atoms with Crippen LogP contribution in [0.15, 0.2) is 66.7 Å². The second kappa shape index (κ2) is 6.93. The van der Waals surface area contributed by atoms with Gasteiger partial charge in [0, 0.05) is 30.1 Å². The lowest BCUT2D eigenvalue weighted by molar-refractivity contribution is -0.120. The summed E-state index contributed by atoms with van der Waals surface area (Å²) in [7, 11) is 0. The maximum absolute atomic E-state index is 12.4. The van der Waals surface area contributed by atoms with Gasteiger partial charge in [-0.3, -0.25) is 4.79 Å². The van der Waals surface area contributed by atoms with Crippen LogP contribution in [0.2, 0.25) is 0 Å². The number of carbonyl (C=O) groups excluding carboxylic acids is 1. The third-order valence-electron chi connectivity index (χ3n) is 4.81. The largest absolute Gasteiger partial charge is 0.357 e. The lowest BCUT2D eigenvalue weighted by Crippen LogP contribution is -2.38. The van der Waals surface area contributed by atoms with Gasteiger partial charge in [0.05, 0.1) is 5.52 Å². The topological polar surface area (TPSA) is 45.2 Å². The fraction of sp³-hybridized carbons (Fsp3) is 0.238. The molecule has 2 heterocycles. The number of hydrogen-bond donors (Lipinski definition) is 1. The Bertz CT molecular complexity index is 870. The predicted molar refractivity (Wildman–Crippen MR) is 102 cm³/mol. The molecule has 0 radical (unpaired) electrons. The summed E-state index contributed by atoms with van der Waals surface area (Å²) in [6, 6.07) is 22.0. The van der Waals surface area contributed by atoms with Crippen LogP contribution < -0.4 is 10.2 Å². The van der Waals surface area contributed by atoms with Crippen LogP contribution in [-0.4, -0.2) is 24.0 Å². The van der Waals surface area contributed by atoms with Crippen LogP contribution >= 0.6 is 0 Å². The minimum Gasteiger partial charge on any atom is -0.357 e. The van der Waals surface area contributed by atoms with E-state index >= 15 is 0 Å². The van der Waals surface area contributed by atoms with E-state index in [2.05, 4.69) is 28.4 Å². The molecule has 0 aliphatic carbocycles. The van der Waals surface area contributed by atoms with Gasteiger partial charge in [-0.25, -0.2) is 4.98 Å². The number of hydrogen-bond acceptors (Lipinski definition) is 3. The molecule has 1 aliphatic heterocycles. The minimum absolute atomic E-state index is 0.0666. The Morgan fingerprint density at radius 2 is 1.64 bits per heavy atom. The van der Waals surface area contributed by atoms with Crippen molar-refractivity contribution in [2.75, 3.05) is 23.3 Å². The molecule has 1 aliphatic rings. The number of rotatable bonds is 3. The van der Waals surface area contributed by atoms with Gasteiger partial charge in [-0.05, 0) is 43.2 Å². The van der Waals surface area contributed by atoms with Crippen LogP contribution in [-0.2, 0) is 4.79 Å². The summed E-state index contributed by atoms with van der Waals surface area (Å²) >= 11 is 0. The molecule has 0 spiro atoms. The highest BCUT2D eigenvalue weighted by Gasteiger charge is 2.25. The molecule has 0 atom stereocenters. The van der Waals surface area contributed by atoms with Crippen molar-refractivity contribution in [1.82, 2.24) is 4.98 Å². The van der Waals surface area contributed by atoms with Crippen LogP contribution in [0.4, 0.5) is 11.5 Å². The van der Waals surface area contributed by atoms with E-state index in [9.17, 15) is 4.79 Å². The number of pyridine rings is 1. The first-order chi connectivity index (χ1) is 12.3. The molecule has 25 heavy (non-hydrogen) atoms. The molecule has 4 nitrogen and oxygen atoms in total. The number of nitrogens with zero attached hydrogens (tertiary/aromatic N) is 2. The van der Waals surface area contributed by atoms with Gasteiger partial charge >= 0.3 is 0 Å². The fourth-order valence-electron chi connectivity index (χ4n) is 3.37. The van der Waals surface area contributed by atoms with E-state index in [-0.39, 0.29) is 11.8 Å². The minimum atomic E-state index is 0.0666. The van der Waals surface area contributed by atoms with Crippen LogP contribution in [0, 0.1) is 5.92 Å². The normalized spacial score (nSPS) is 15.3. The first kappa shape index (κ1) is 15.6. The number of nitrogens with one attached hydrogen (secondary N) is 1. The van der Waals surface area contributed by atoms with Gasteiger partial charge in [0.2, 0.25) is 5.91 Å². The van der Waals surface area contributed by atoms with Crippen LogP contribution in [0.25, 0.3) is 10.9 Å². The standard InChI is InChI=1S/C21H21N3O/c25-21(22-18-7-2-1-3-8-18)17-12-14-24(15-13-17)20-11-10-16-6-4-5-9-19(16)23-20/h1-11,17H,12-15H2,(H,22,25). The van der Waals surface area contributed by atoms with E-state index < -0.39 is 0 Å². The molecule has 4 heteroatoms. The van der Waals surface area contributed by atoms with Crippen LogP contribution in [0.5, 0.6) is 0 Å². The van der Waals surface area contributed by atoms with Gasteiger partial charge in [-0.15, -0.1) is 0 Å². The Labute approximate surface area is 147 Å². The van der Waals surface area contributed by atoms with E-state index in [0.29, 0.717) is 0 Å². The van der Waals surface area contributed by atoms with E-state index in [1.165, 1.54) is 0 Å². The van der Waals surface area contributed by atoms with E-state index in [0.717, 1.165) is 48.3 Å². The van der Waals surface area contributed by atoms with Gasteiger partial charge in [0.25, 0.3) is 0 Å². The van der Waals surface area contributed by atoms with Crippen molar-refractivity contribution in [1.29, 1.82) is 0 Å². The summed E-state index contributed by atoms with van der Waals surface area (Å²) in [6.07, 6.45) is 1.71. The molecular formula is C21H21N3O. The zero-order chi connectivity index (χ0) is 17.1. The Kier molecular flexibility index (Phi) is 4.34. The molecule has 2 aromatic carbocycles. The number of benzene rings is 2. The highest BCUT2D eigenvalue weighted by molar-refractivity contribution is 5.92. The third kappa shape index (κ3) is 3.48. The quantitative estimate of drug-likeness (QED) is 0.786. The Balaban J connectivity index is 1.39. The number of para-hydroxylation sites is 2. The number of piperidine rings is 1. The lowest BCUT2D eigenvalue weighted by Gasteiger charge is -2.32. The molecule has 0 saturated carbocycles. The van der Waals surface area contributed by atoms with Crippen LogP contribution in [0.3, 0.4) is 0 Å². The van der Waals surface area contributed by atoms with Crippen molar-refractivity contribution in [3.63, 3.8) is 0 Å². The van der Waals surface area contributed by atoms with E-state index in [1.54, 1.807) is 0 Å². The molecule has 126 valence electrons. The molecule has 1 saturated heterocycles. The third-order valence-corrected chi connectivity index (χ3v) is 4.81. The van der Waals surface area contributed by atoms with Crippen molar-refractivity contribution in [3.05, 3.63) is 66.7 Å². The number of carbonyl (C=O) groups is 1. The van der Waals surface area contributed by atoms with Crippen molar-refractivity contribution in [2.24, 2.45) is 5.92 Å². The molecule has 1 amide bonds. The second-order valence-electron chi connectivity index (χ2n) is 6.48. The van der Waals surface area contributed by atoms with Gasteiger partial charge in [0.1, 0.15) is 5.82 Å². The monoisotopic (exact) mass is 331 g/mol. The van der Waals surface area contributed by atoms with Crippen molar-refractivity contribution in [3.8, 4) is 0 Å². The summed E-state index contributed by atoms with van der Waals surface area (Å²) in [5.74, 6) is 1.19. The highest BCUT2D eigenvalue weighted by atomic mass is 16.1. The molecule has 1 aromatic heterocycles. The van der Waals surface area contributed by atoms with Gasteiger partial charge in [0.15, 0.2) is 0 Å². The predicted octanol–water partition coefficient (Wildman–Crippen LogP) is 4.09. The highest BCUT2D eigenvalue weighted by Crippen LogP contribution is 2.25. The Hall–Kier alpha value is -2.88. The van der Waals surface area contributed by atoms with Gasteiger partial charge < -0.3 is 10.2 Å². The molecule has 1 N–H and O–H groups in total. The number of fused-ring (bicyclic) bond motifs is 1. The van der Waals surface area contributed by atoms with E-state index in [4.69, 9.17) is 4.98 Å². The lowest BCUT2D eigenvalue weighted by atomic mass is 9.95. The summed E-state index contributed by atoms with van der Waals surface area (Å²) in [4.78, 5) is 19.5. The van der Waals surface area contributed by atoms with Crippen molar-refractivity contribution >= 4 is 28.3 Å². The number of amides is 1. The molecule has 1 fully saturated rings. The zero-order valence-electron chi connectivity index (χ0n) is 14.1. The van der Waals surface area contributed by atoms with Crippen LogP contribution in [0.1, 0.15) is 12.8 Å². The van der Waals surface area contributed by atoms with Crippen molar-refractivity contribution in [2.45, 2.75) is 12.8 Å². The maximum atomic E-state index is 12.4. The summed E-state index contributed by atoms with van der Waals surface area (Å²) in [6.45, 7) is 1.72. The number of anilines is 2. The van der Waals surface area contributed by atoms with Gasteiger partial charge in [-0.1, -0.05) is 36.4 Å². The smallest absolute Gasteiger partial charge is 0.227 e. The summed E-state index contributed by atoms with van der Waals surface area (Å²) in [5.41, 5.74) is 1.88. The van der Waals surface area contributed by atoms with Gasteiger partial charge in [-0.2, -0.15) is 0 Å².